The highest BCUT2D eigenvalue weighted by molar-refractivity contribution is 9.09. The van der Waals surface area contributed by atoms with Crippen LogP contribution in [0.4, 0.5) is 0 Å². The molecular formula is C8H21BrOSi2. The maximum absolute atomic E-state index is 5.75. The standard InChI is InChI=1S/C8H21BrOSi2/c1-7(9)10-11-12(5,6)8(2,3)4/h7H,11H2,1-6H3. The minimum atomic E-state index is -1.08. The molecule has 0 radical (unpaired) electrons. The lowest BCUT2D eigenvalue weighted by Crippen LogP contribution is -2.45. The van der Waals surface area contributed by atoms with Gasteiger partial charge >= 0.3 is 0 Å². The van der Waals surface area contributed by atoms with E-state index in [2.05, 4.69) is 56.7 Å². The molecule has 0 aliphatic rings. The molecule has 0 heterocycles. The van der Waals surface area contributed by atoms with Crippen LogP contribution in [-0.4, -0.2) is 21.9 Å². The van der Waals surface area contributed by atoms with Crippen molar-refractivity contribution in [2.24, 2.45) is 0 Å². The van der Waals surface area contributed by atoms with Crippen LogP contribution in [0.2, 0.25) is 18.1 Å². The van der Waals surface area contributed by atoms with E-state index >= 15 is 0 Å². The van der Waals surface area contributed by atoms with E-state index in [4.69, 9.17) is 4.43 Å². The van der Waals surface area contributed by atoms with Gasteiger partial charge in [-0.25, -0.2) is 0 Å². The van der Waals surface area contributed by atoms with Gasteiger partial charge in [-0.15, -0.1) is 0 Å². The molecule has 0 fully saturated rings. The van der Waals surface area contributed by atoms with E-state index in [1.165, 1.54) is 0 Å². The van der Waals surface area contributed by atoms with Gasteiger partial charge in [0, 0.05) is 0 Å². The molecule has 0 aromatic carbocycles. The van der Waals surface area contributed by atoms with Gasteiger partial charge in [-0.05, 0) is 12.0 Å². The summed E-state index contributed by atoms with van der Waals surface area (Å²) in [5.41, 5.74) is 0. The Kier molecular flexibility index (Phi) is 4.71. The summed E-state index contributed by atoms with van der Waals surface area (Å²) in [5, 5.41) is 0.736. The van der Waals surface area contributed by atoms with Gasteiger partial charge in [0.2, 0.25) is 0 Å². The first-order valence-corrected chi connectivity index (χ1v) is 11.2. The second kappa shape index (κ2) is 4.39. The molecule has 0 N–H and O–H groups in total. The summed E-state index contributed by atoms with van der Waals surface area (Å²) in [7, 11) is -1.40. The van der Waals surface area contributed by atoms with Gasteiger partial charge in [-0.2, -0.15) is 0 Å². The maximum atomic E-state index is 5.75. The molecule has 0 aliphatic carbocycles. The van der Waals surface area contributed by atoms with Crippen molar-refractivity contribution >= 4 is 32.8 Å². The lowest BCUT2D eigenvalue weighted by atomic mass is 10.2. The fourth-order valence-electron chi connectivity index (χ4n) is 0.540. The Morgan fingerprint density at radius 3 is 2.00 bits per heavy atom. The Bertz CT molecular complexity index is 140. The monoisotopic (exact) mass is 268 g/mol. The summed E-state index contributed by atoms with van der Waals surface area (Å²) in [6.45, 7) is 14.0. The van der Waals surface area contributed by atoms with Crippen LogP contribution < -0.4 is 0 Å². The minimum Gasteiger partial charge on any atom is -0.415 e. The molecule has 0 aromatic heterocycles. The molecule has 0 aliphatic heterocycles. The first-order valence-electron chi connectivity index (χ1n) is 4.42. The third-order valence-electron chi connectivity index (χ3n) is 2.70. The van der Waals surface area contributed by atoms with Gasteiger partial charge in [0.25, 0.3) is 0 Å². The van der Waals surface area contributed by atoms with Crippen molar-refractivity contribution < 1.29 is 4.43 Å². The topological polar surface area (TPSA) is 9.23 Å². The van der Waals surface area contributed by atoms with Gasteiger partial charge < -0.3 is 4.43 Å². The molecule has 1 nitrogen and oxygen atoms in total. The van der Waals surface area contributed by atoms with E-state index in [1.54, 1.807) is 0 Å². The number of halogens is 1. The van der Waals surface area contributed by atoms with Crippen LogP contribution in [0.5, 0.6) is 0 Å². The van der Waals surface area contributed by atoms with Gasteiger partial charge in [0.1, 0.15) is 0 Å². The van der Waals surface area contributed by atoms with Crippen molar-refractivity contribution in [3.63, 3.8) is 0 Å². The fraction of sp³-hybridized carbons (Fsp3) is 1.00. The quantitative estimate of drug-likeness (QED) is 0.565. The predicted octanol–water partition coefficient (Wildman–Crippen LogP) is 2.83. The van der Waals surface area contributed by atoms with Gasteiger partial charge in [0.15, 0.2) is 9.28 Å². The number of alkyl halides is 1. The molecule has 0 saturated carbocycles. The summed E-state index contributed by atoms with van der Waals surface area (Å²) < 4.78 is 5.75. The van der Waals surface area contributed by atoms with Gasteiger partial charge in [-0.1, -0.05) is 49.8 Å². The summed E-state index contributed by atoms with van der Waals surface area (Å²) in [6, 6.07) is 0. The van der Waals surface area contributed by atoms with Crippen molar-refractivity contribution in [3.05, 3.63) is 0 Å². The third-order valence-corrected chi connectivity index (χ3v) is 14.8. The lowest BCUT2D eigenvalue weighted by Gasteiger charge is -2.36. The molecule has 74 valence electrons. The van der Waals surface area contributed by atoms with Crippen LogP contribution in [0.3, 0.4) is 0 Å². The summed E-state index contributed by atoms with van der Waals surface area (Å²) in [4.78, 5) is 0. The molecule has 0 saturated heterocycles. The average Bonchev–Trinajstić information content (AvgIpc) is 1.81. The number of hydrogen-bond donors (Lipinski definition) is 0. The SMILES string of the molecule is CC(Br)O[SiH2][Si](C)(C)C(C)(C)C. The molecular weight excluding hydrogens is 248 g/mol. The van der Waals surface area contributed by atoms with Crippen molar-refractivity contribution in [1.29, 1.82) is 0 Å². The zero-order valence-corrected chi connectivity index (χ0v) is 13.1. The van der Waals surface area contributed by atoms with E-state index < -0.39 is 7.59 Å². The summed E-state index contributed by atoms with van der Waals surface area (Å²) in [5.74, 6) is 0. The minimum absolute atomic E-state index is 0.248. The zero-order chi connectivity index (χ0) is 9.99. The maximum Gasteiger partial charge on any atom is 0.152 e. The van der Waals surface area contributed by atoms with E-state index in [0.717, 1.165) is 0 Å². The van der Waals surface area contributed by atoms with Crippen molar-refractivity contribution in [2.75, 3.05) is 0 Å². The van der Waals surface area contributed by atoms with Crippen LogP contribution in [0.25, 0.3) is 0 Å². The van der Waals surface area contributed by atoms with Crippen molar-refractivity contribution in [2.45, 2.75) is 50.8 Å². The Morgan fingerprint density at radius 2 is 1.75 bits per heavy atom. The van der Waals surface area contributed by atoms with Gasteiger partial charge in [0.05, 0.1) is 12.6 Å². The Morgan fingerprint density at radius 1 is 1.33 bits per heavy atom. The first-order chi connectivity index (χ1) is 5.17. The molecule has 4 heteroatoms. The van der Waals surface area contributed by atoms with Crippen molar-refractivity contribution in [1.82, 2.24) is 0 Å². The van der Waals surface area contributed by atoms with E-state index in [0.29, 0.717) is 5.04 Å². The average molecular weight is 269 g/mol. The Hall–Kier alpha value is 0.874. The molecule has 0 bridgehead atoms. The lowest BCUT2D eigenvalue weighted by molar-refractivity contribution is 0.339. The number of rotatable bonds is 3. The summed E-state index contributed by atoms with van der Waals surface area (Å²) in [6.07, 6.45) is 0. The molecule has 0 rings (SSSR count). The zero-order valence-electron chi connectivity index (χ0n) is 9.07. The first kappa shape index (κ1) is 12.9. The highest BCUT2D eigenvalue weighted by atomic mass is 79.9. The fourth-order valence-corrected chi connectivity index (χ4v) is 6.05. The number of hydrogen-bond acceptors (Lipinski definition) is 1. The Labute approximate surface area is 88.1 Å². The van der Waals surface area contributed by atoms with E-state index in [1.807, 2.05) is 0 Å². The molecule has 1 unspecified atom stereocenters. The highest BCUT2D eigenvalue weighted by Gasteiger charge is 2.36. The van der Waals surface area contributed by atoms with Crippen molar-refractivity contribution in [3.8, 4) is 0 Å². The molecule has 1 atom stereocenters. The van der Waals surface area contributed by atoms with Gasteiger partial charge in [-0.3, -0.25) is 0 Å². The van der Waals surface area contributed by atoms with E-state index in [-0.39, 0.29) is 14.3 Å². The third kappa shape index (κ3) is 4.21. The van der Waals surface area contributed by atoms with Crippen LogP contribution >= 0.6 is 15.9 Å². The smallest absolute Gasteiger partial charge is 0.152 e. The van der Waals surface area contributed by atoms with Crippen LogP contribution in [0.1, 0.15) is 27.7 Å². The second-order valence-corrected chi connectivity index (χ2v) is 18.3. The second-order valence-electron chi connectivity index (χ2n) is 4.99. The molecule has 0 amide bonds. The largest absolute Gasteiger partial charge is 0.415 e. The summed E-state index contributed by atoms with van der Waals surface area (Å²) >= 11 is 3.43. The van der Waals surface area contributed by atoms with Crippen LogP contribution in [-0.2, 0) is 4.43 Å². The predicted molar refractivity (Wildman–Crippen MR) is 65.2 cm³/mol. The van der Waals surface area contributed by atoms with Crippen LogP contribution in [0, 0.1) is 0 Å². The van der Waals surface area contributed by atoms with E-state index in [9.17, 15) is 0 Å². The molecule has 12 heavy (non-hydrogen) atoms. The Balaban J connectivity index is 4.05. The van der Waals surface area contributed by atoms with Crippen LogP contribution in [0.15, 0.2) is 0 Å². The normalized spacial score (nSPS) is 17.2. The molecule has 0 aromatic rings. The molecule has 0 spiro atoms. The highest BCUT2D eigenvalue weighted by Crippen LogP contribution is 2.35.